The average molecular weight is 368 g/mol. The van der Waals surface area contributed by atoms with Crippen molar-refractivity contribution in [2.24, 2.45) is 5.92 Å². The van der Waals surface area contributed by atoms with Crippen molar-refractivity contribution in [3.05, 3.63) is 59.4 Å². The third-order valence-electron chi connectivity index (χ3n) is 5.19. The van der Waals surface area contributed by atoms with E-state index >= 15 is 0 Å². The molecule has 1 aliphatic heterocycles. The highest BCUT2D eigenvalue weighted by atomic mass is 19.1. The molecule has 5 nitrogen and oxygen atoms in total. The minimum absolute atomic E-state index is 0.160. The molecule has 0 bridgehead atoms. The second kappa shape index (κ2) is 7.39. The molecular formula is C21H21FN2O3. The molecule has 1 saturated carbocycles. The Morgan fingerprint density at radius 2 is 1.89 bits per heavy atom. The standard InChI is InChI=1S/C21H21FN2O3/c22-17-7-4-16-13-24(10-11-27-19(16)12-17)21(26)23-18-8-5-15(6-9-18)20(25)14-2-1-3-14/h4-9,12,14H,1-3,10-11,13H2,(H,23,26). The molecule has 1 aliphatic carbocycles. The van der Waals surface area contributed by atoms with E-state index in [0.29, 0.717) is 36.7 Å². The number of carbonyl (C=O) groups excluding carboxylic acids is 2. The van der Waals surface area contributed by atoms with Crippen LogP contribution < -0.4 is 10.1 Å². The van der Waals surface area contributed by atoms with Gasteiger partial charge in [0, 0.05) is 28.8 Å². The Labute approximate surface area is 157 Å². The topological polar surface area (TPSA) is 58.6 Å². The van der Waals surface area contributed by atoms with Crippen molar-refractivity contribution >= 4 is 17.5 Å². The van der Waals surface area contributed by atoms with Crippen molar-refractivity contribution in [3.8, 4) is 5.75 Å². The van der Waals surface area contributed by atoms with E-state index in [1.54, 1.807) is 35.2 Å². The maximum absolute atomic E-state index is 13.3. The number of rotatable bonds is 3. The van der Waals surface area contributed by atoms with E-state index in [1.165, 1.54) is 12.1 Å². The molecule has 0 aromatic heterocycles. The van der Waals surface area contributed by atoms with E-state index in [0.717, 1.165) is 24.8 Å². The second-order valence-corrected chi connectivity index (χ2v) is 7.02. The Hall–Kier alpha value is -2.89. The van der Waals surface area contributed by atoms with Gasteiger partial charge in [0.15, 0.2) is 5.78 Å². The molecular weight excluding hydrogens is 347 g/mol. The predicted octanol–water partition coefficient (Wildman–Crippen LogP) is 4.24. The van der Waals surface area contributed by atoms with Crippen LogP contribution in [0.4, 0.5) is 14.9 Å². The summed E-state index contributed by atoms with van der Waals surface area (Å²) >= 11 is 0. The van der Waals surface area contributed by atoms with Crippen LogP contribution in [0.25, 0.3) is 0 Å². The number of nitrogens with zero attached hydrogens (tertiary/aromatic N) is 1. The van der Waals surface area contributed by atoms with Crippen LogP contribution in [0.15, 0.2) is 42.5 Å². The number of fused-ring (bicyclic) bond motifs is 1. The first kappa shape index (κ1) is 17.5. The summed E-state index contributed by atoms with van der Waals surface area (Å²) in [6, 6.07) is 11.1. The fourth-order valence-electron chi connectivity index (χ4n) is 3.34. The third kappa shape index (κ3) is 3.79. The van der Waals surface area contributed by atoms with Crippen LogP contribution >= 0.6 is 0 Å². The Morgan fingerprint density at radius 3 is 2.59 bits per heavy atom. The number of amides is 2. The minimum Gasteiger partial charge on any atom is -0.491 e. The largest absolute Gasteiger partial charge is 0.491 e. The van der Waals surface area contributed by atoms with Gasteiger partial charge in [-0.2, -0.15) is 0 Å². The number of Topliss-reactive ketones (excluding diaryl/α,β-unsaturated/α-hetero) is 1. The summed E-state index contributed by atoms with van der Waals surface area (Å²) in [6.07, 6.45) is 3.07. The molecule has 0 atom stereocenters. The van der Waals surface area contributed by atoms with Gasteiger partial charge in [0.25, 0.3) is 0 Å². The Balaban J connectivity index is 1.41. The van der Waals surface area contributed by atoms with Gasteiger partial charge in [0.05, 0.1) is 13.1 Å². The summed E-state index contributed by atoms with van der Waals surface area (Å²) in [6.45, 7) is 1.05. The smallest absolute Gasteiger partial charge is 0.322 e. The molecule has 2 amide bonds. The van der Waals surface area contributed by atoms with E-state index in [2.05, 4.69) is 5.32 Å². The summed E-state index contributed by atoms with van der Waals surface area (Å²) in [5.74, 6) is 0.465. The van der Waals surface area contributed by atoms with Gasteiger partial charge in [0.2, 0.25) is 0 Å². The lowest BCUT2D eigenvalue weighted by Crippen LogP contribution is -2.36. The van der Waals surface area contributed by atoms with Crippen LogP contribution in [0.5, 0.6) is 5.75 Å². The maximum atomic E-state index is 13.3. The number of carbonyl (C=O) groups is 2. The van der Waals surface area contributed by atoms with E-state index in [-0.39, 0.29) is 23.5 Å². The fraction of sp³-hybridized carbons (Fsp3) is 0.333. The van der Waals surface area contributed by atoms with Gasteiger partial charge in [-0.15, -0.1) is 0 Å². The van der Waals surface area contributed by atoms with Crippen molar-refractivity contribution < 1.29 is 18.7 Å². The van der Waals surface area contributed by atoms with E-state index < -0.39 is 0 Å². The first-order valence-electron chi connectivity index (χ1n) is 9.21. The van der Waals surface area contributed by atoms with Crippen LogP contribution in [-0.4, -0.2) is 29.9 Å². The van der Waals surface area contributed by atoms with Gasteiger partial charge in [-0.1, -0.05) is 12.5 Å². The number of urea groups is 1. The zero-order chi connectivity index (χ0) is 18.8. The molecule has 1 heterocycles. The molecule has 0 spiro atoms. The zero-order valence-electron chi connectivity index (χ0n) is 14.9. The van der Waals surface area contributed by atoms with E-state index in [4.69, 9.17) is 4.74 Å². The molecule has 0 saturated heterocycles. The first-order chi connectivity index (χ1) is 13.1. The van der Waals surface area contributed by atoms with Crippen LogP contribution in [0.2, 0.25) is 0 Å². The highest BCUT2D eigenvalue weighted by Crippen LogP contribution is 2.30. The monoisotopic (exact) mass is 368 g/mol. The molecule has 1 fully saturated rings. The van der Waals surface area contributed by atoms with E-state index in [9.17, 15) is 14.0 Å². The van der Waals surface area contributed by atoms with Gasteiger partial charge in [0.1, 0.15) is 18.2 Å². The average Bonchev–Trinajstić information content (AvgIpc) is 2.83. The molecule has 2 aromatic rings. The lowest BCUT2D eigenvalue weighted by Gasteiger charge is -2.24. The van der Waals surface area contributed by atoms with Crippen LogP contribution in [-0.2, 0) is 6.54 Å². The van der Waals surface area contributed by atoms with Gasteiger partial charge < -0.3 is 15.0 Å². The molecule has 1 N–H and O–H groups in total. The van der Waals surface area contributed by atoms with Gasteiger partial charge in [-0.3, -0.25) is 4.79 Å². The quantitative estimate of drug-likeness (QED) is 0.825. The normalized spacial score (nSPS) is 16.6. The summed E-state index contributed by atoms with van der Waals surface area (Å²) < 4.78 is 18.9. The van der Waals surface area contributed by atoms with Crippen molar-refractivity contribution in [1.82, 2.24) is 4.90 Å². The lowest BCUT2D eigenvalue weighted by molar-refractivity contribution is 0.0855. The molecule has 2 aliphatic rings. The number of nitrogens with one attached hydrogen (secondary N) is 1. The van der Waals surface area contributed by atoms with Gasteiger partial charge >= 0.3 is 6.03 Å². The van der Waals surface area contributed by atoms with Crippen molar-refractivity contribution in [3.63, 3.8) is 0 Å². The first-order valence-corrected chi connectivity index (χ1v) is 9.21. The molecule has 4 rings (SSSR count). The highest BCUT2D eigenvalue weighted by molar-refractivity contribution is 5.99. The van der Waals surface area contributed by atoms with Crippen molar-refractivity contribution in [2.75, 3.05) is 18.5 Å². The number of ether oxygens (including phenoxy) is 1. The number of hydrogen-bond acceptors (Lipinski definition) is 3. The number of halogens is 1. The summed E-state index contributed by atoms with van der Waals surface area (Å²) in [4.78, 5) is 26.5. The molecule has 0 unspecified atom stereocenters. The lowest BCUT2D eigenvalue weighted by atomic mass is 9.80. The summed E-state index contributed by atoms with van der Waals surface area (Å²) in [5, 5.41) is 2.85. The Kier molecular flexibility index (Phi) is 4.79. The fourth-order valence-corrected chi connectivity index (χ4v) is 3.34. The molecule has 140 valence electrons. The SMILES string of the molecule is O=C(c1ccc(NC(=O)N2CCOc3cc(F)ccc3C2)cc1)C1CCC1. The minimum atomic E-state index is -0.358. The number of hydrogen-bond donors (Lipinski definition) is 1. The van der Waals surface area contributed by atoms with Crippen LogP contribution in [0, 0.1) is 11.7 Å². The molecule has 27 heavy (non-hydrogen) atoms. The zero-order valence-corrected chi connectivity index (χ0v) is 14.9. The van der Waals surface area contributed by atoms with Crippen molar-refractivity contribution in [2.45, 2.75) is 25.8 Å². The summed E-state index contributed by atoms with van der Waals surface area (Å²) in [7, 11) is 0. The van der Waals surface area contributed by atoms with Crippen molar-refractivity contribution in [1.29, 1.82) is 0 Å². The summed E-state index contributed by atoms with van der Waals surface area (Å²) in [5.41, 5.74) is 2.09. The Bertz CT molecular complexity index is 862. The van der Waals surface area contributed by atoms with Gasteiger partial charge in [-0.05, 0) is 43.2 Å². The predicted molar refractivity (Wildman–Crippen MR) is 99.4 cm³/mol. The Morgan fingerprint density at radius 1 is 1.11 bits per heavy atom. The molecule has 2 aromatic carbocycles. The van der Waals surface area contributed by atoms with E-state index in [1.807, 2.05) is 0 Å². The number of benzene rings is 2. The third-order valence-corrected chi connectivity index (χ3v) is 5.19. The highest BCUT2D eigenvalue weighted by Gasteiger charge is 2.26. The molecule has 0 radical (unpaired) electrons. The van der Waals surface area contributed by atoms with Gasteiger partial charge in [-0.25, -0.2) is 9.18 Å². The maximum Gasteiger partial charge on any atom is 0.322 e. The molecule has 6 heteroatoms. The second-order valence-electron chi connectivity index (χ2n) is 7.02. The van der Waals surface area contributed by atoms with Crippen LogP contribution in [0.1, 0.15) is 35.2 Å². The number of ketones is 1. The van der Waals surface area contributed by atoms with Crippen LogP contribution in [0.3, 0.4) is 0 Å². The number of anilines is 1.